The maximum atomic E-state index is 3.52. The van der Waals surface area contributed by atoms with Crippen LogP contribution in [0.1, 0.15) is 54.9 Å². The van der Waals surface area contributed by atoms with Crippen molar-refractivity contribution < 1.29 is 0 Å². The largest absolute Gasteiger partial charge is 0.314 e. The highest BCUT2D eigenvalue weighted by molar-refractivity contribution is 4.84. The van der Waals surface area contributed by atoms with Gasteiger partial charge >= 0.3 is 0 Å². The van der Waals surface area contributed by atoms with Gasteiger partial charge in [-0.2, -0.15) is 0 Å². The molecule has 1 N–H and O–H groups in total. The molecule has 98 valence electrons. The van der Waals surface area contributed by atoms with Gasteiger partial charge in [0.2, 0.25) is 0 Å². The molecule has 0 fully saturated rings. The van der Waals surface area contributed by atoms with Crippen molar-refractivity contribution in [2.45, 2.75) is 72.5 Å². The first kappa shape index (κ1) is 15.9. The first-order valence-electron chi connectivity index (χ1n) is 6.68. The van der Waals surface area contributed by atoms with E-state index in [1.165, 1.54) is 6.42 Å². The summed E-state index contributed by atoms with van der Waals surface area (Å²) in [5.74, 6) is 0.679. The summed E-state index contributed by atoms with van der Waals surface area (Å²) in [5.41, 5.74) is 0.297. The average molecular weight is 228 g/mol. The molecule has 0 aliphatic rings. The summed E-state index contributed by atoms with van der Waals surface area (Å²) in [6, 6.07) is 1.19. The lowest BCUT2D eigenvalue weighted by atomic mass is 9.93. The van der Waals surface area contributed by atoms with Crippen LogP contribution in [0.4, 0.5) is 0 Å². The van der Waals surface area contributed by atoms with Crippen molar-refractivity contribution >= 4 is 0 Å². The predicted octanol–water partition coefficient (Wildman–Crippen LogP) is 3.13. The first-order valence-corrected chi connectivity index (χ1v) is 6.68. The molecule has 0 radical (unpaired) electrons. The zero-order valence-corrected chi connectivity index (χ0v) is 12.6. The molecule has 0 spiro atoms. The third kappa shape index (κ3) is 4.84. The Morgan fingerprint density at radius 3 is 2.00 bits per heavy atom. The van der Waals surface area contributed by atoms with E-state index in [1.807, 2.05) is 0 Å². The molecule has 0 aromatic heterocycles. The van der Waals surface area contributed by atoms with Gasteiger partial charge in [-0.05, 0) is 46.7 Å². The second kappa shape index (κ2) is 6.61. The number of hydrogen-bond acceptors (Lipinski definition) is 2. The van der Waals surface area contributed by atoms with Crippen molar-refractivity contribution in [3.05, 3.63) is 0 Å². The minimum absolute atomic E-state index is 0.297. The summed E-state index contributed by atoms with van der Waals surface area (Å²) >= 11 is 0. The maximum absolute atomic E-state index is 3.52. The number of nitrogens with zero attached hydrogens (tertiary/aromatic N) is 1. The van der Waals surface area contributed by atoms with Crippen molar-refractivity contribution in [2.75, 3.05) is 13.6 Å². The van der Waals surface area contributed by atoms with Crippen LogP contribution in [0.5, 0.6) is 0 Å². The van der Waals surface area contributed by atoms with E-state index in [1.54, 1.807) is 0 Å². The highest BCUT2D eigenvalue weighted by atomic mass is 15.2. The Morgan fingerprint density at radius 2 is 1.62 bits per heavy atom. The van der Waals surface area contributed by atoms with Gasteiger partial charge in [0.05, 0.1) is 0 Å². The monoisotopic (exact) mass is 228 g/mol. The van der Waals surface area contributed by atoms with Crippen LogP contribution in [0.25, 0.3) is 0 Å². The Balaban J connectivity index is 4.26. The third-order valence-electron chi connectivity index (χ3n) is 4.10. The summed E-state index contributed by atoms with van der Waals surface area (Å²) in [4.78, 5) is 2.51. The van der Waals surface area contributed by atoms with Crippen molar-refractivity contribution in [3.63, 3.8) is 0 Å². The van der Waals surface area contributed by atoms with Crippen LogP contribution < -0.4 is 5.32 Å². The Bertz CT molecular complexity index is 187. The standard InChI is InChI=1S/C14H32N2/c1-9-14(6,7)16(8)13(5)12(4)10-15-11(2)3/h11-13,15H,9-10H2,1-8H3. The Morgan fingerprint density at radius 1 is 1.12 bits per heavy atom. The Kier molecular flexibility index (Phi) is 6.57. The van der Waals surface area contributed by atoms with Crippen LogP contribution in [-0.2, 0) is 0 Å². The second-order valence-electron chi connectivity index (χ2n) is 6.06. The number of rotatable bonds is 7. The van der Waals surface area contributed by atoms with Crippen molar-refractivity contribution in [2.24, 2.45) is 5.92 Å². The highest BCUT2D eigenvalue weighted by Gasteiger charge is 2.28. The minimum Gasteiger partial charge on any atom is -0.314 e. The molecule has 0 rings (SSSR count). The fourth-order valence-corrected chi connectivity index (χ4v) is 1.77. The van der Waals surface area contributed by atoms with E-state index in [0.717, 1.165) is 6.54 Å². The van der Waals surface area contributed by atoms with Gasteiger partial charge in [0.15, 0.2) is 0 Å². The molecule has 2 heteroatoms. The fraction of sp³-hybridized carbons (Fsp3) is 1.00. The van der Waals surface area contributed by atoms with Gasteiger partial charge in [-0.3, -0.25) is 4.90 Å². The summed E-state index contributed by atoms with van der Waals surface area (Å²) in [6.45, 7) is 17.1. The smallest absolute Gasteiger partial charge is 0.0150 e. The van der Waals surface area contributed by atoms with Gasteiger partial charge in [0.25, 0.3) is 0 Å². The normalized spacial score (nSPS) is 16.9. The van der Waals surface area contributed by atoms with Crippen LogP contribution in [-0.4, -0.2) is 36.1 Å². The van der Waals surface area contributed by atoms with E-state index in [-0.39, 0.29) is 0 Å². The summed E-state index contributed by atoms with van der Waals surface area (Å²) in [6.07, 6.45) is 1.19. The van der Waals surface area contributed by atoms with Crippen molar-refractivity contribution in [1.82, 2.24) is 10.2 Å². The van der Waals surface area contributed by atoms with Crippen LogP contribution >= 0.6 is 0 Å². The zero-order valence-electron chi connectivity index (χ0n) is 12.6. The predicted molar refractivity (Wildman–Crippen MR) is 73.9 cm³/mol. The third-order valence-corrected chi connectivity index (χ3v) is 4.10. The molecule has 0 aromatic rings. The van der Waals surface area contributed by atoms with E-state index < -0.39 is 0 Å². The lowest BCUT2D eigenvalue weighted by Gasteiger charge is -2.42. The molecule has 16 heavy (non-hydrogen) atoms. The van der Waals surface area contributed by atoms with Gasteiger partial charge < -0.3 is 5.32 Å². The van der Waals surface area contributed by atoms with Gasteiger partial charge in [-0.25, -0.2) is 0 Å². The molecule has 0 heterocycles. The van der Waals surface area contributed by atoms with E-state index in [4.69, 9.17) is 0 Å². The molecule has 2 unspecified atom stereocenters. The SMILES string of the molecule is CCC(C)(C)N(C)C(C)C(C)CNC(C)C. The molecule has 0 aliphatic carbocycles. The fourth-order valence-electron chi connectivity index (χ4n) is 1.77. The number of hydrogen-bond donors (Lipinski definition) is 1. The van der Waals surface area contributed by atoms with Crippen LogP contribution in [0.2, 0.25) is 0 Å². The van der Waals surface area contributed by atoms with Crippen molar-refractivity contribution in [1.29, 1.82) is 0 Å². The molecule has 0 aliphatic heterocycles. The average Bonchev–Trinajstić information content (AvgIpc) is 2.23. The summed E-state index contributed by atoms with van der Waals surface area (Å²) in [5, 5.41) is 3.52. The maximum Gasteiger partial charge on any atom is 0.0150 e. The lowest BCUT2D eigenvalue weighted by Crippen LogP contribution is -2.50. The van der Waals surface area contributed by atoms with Gasteiger partial charge in [0.1, 0.15) is 0 Å². The lowest BCUT2D eigenvalue weighted by molar-refractivity contribution is 0.0763. The molecule has 0 bridgehead atoms. The van der Waals surface area contributed by atoms with E-state index in [9.17, 15) is 0 Å². The zero-order chi connectivity index (χ0) is 12.9. The van der Waals surface area contributed by atoms with Gasteiger partial charge in [-0.1, -0.05) is 27.7 Å². The van der Waals surface area contributed by atoms with E-state index >= 15 is 0 Å². The van der Waals surface area contributed by atoms with Crippen molar-refractivity contribution in [3.8, 4) is 0 Å². The summed E-state index contributed by atoms with van der Waals surface area (Å²) < 4.78 is 0. The molecule has 0 saturated carbocycles. The minimum atomic E-state index is 0.297. The topological polar surface area (TPSA) is 15.3 Å². The molecule has 0 amide bonds. The first-order chi connectivity index (χ1) is 7.22. The second-order valence-corrected chi connectivity index (χ2v) is 6.06. The molecular formula is C14H32N2. The van der Waals surface area contributed by atoms with E-state index in [2.05, 4.69) is 65.7 Å². The molecule has 2 atom stereocenters. The Hall–Kier alpha value is -0.0800. The Labute approximate surface area is 103 Å². The van der Waals surface area contributed by atoms with Crippen LogP contribution in [0, 0.1) is 5.92 Å². The highest BCUT2D eigenvalue weighted by Crippen LogP contribution is 2.22. The molecular weight excluding hydrogens is 196 g/mol. The van der Waals surface area contributed by atoms with Gasteiger partial charge in [-0.15, -0.1) is 0 Å². The van der Waals surface area contributed by atoms with Crippen LogP contribution in [0.15, 0.2) is 0 Å². The molecule has 0 aromatic carbocycles. The molecule has 2 nitrogen and oxygen atoms in total. The quantitative estimate of drug-likeness (QED) is 0.720. The molecule has 0 saturated heterocycles. The number of nitrogens with one attached hydrogen (secondary N) is 1. The van der Waals surface area contributed by atoms with E-state index in [0.29, 0.717) is 23.5 Å². The van der Waals surface area contributed by atoms with Crippen LogP contribution in [0.3, 0.4) is 0 Å². The van der Waals surface area contributed by atoms with Gasteiger partial charge in [0, 0.05) is 17.6 Å². The summed E-state index contributed by atoms with van der Waals surface area (Å²) in [7, 11) is 2.25.